The molecule has 0 saturated carbocycles. The molecule has 0 aromatic carbocycles. The maximum Gasteiger partial charge on any atom is 0.110 e. The third-order valence-corrected chi connectivity index (χ3v) is 1.82. The molecule has 0 bridgehead atoms. The van der Waals surface area contributed by atoms with Crippen LogP contribution in [0.4, 0.5) is 0 Å². The molecule has 4 heteroatoms. The molecule has 0 unspecified atom stereocenters. The molecule has 3 nitrogen and oxygen atoms in total. The van der Waals surface area contributed by atoms with Crippen LogP contribution in [-0.4, -0.2) is 16.4 Å². The number of aliphatic imine (C=N–C) groups is 1. The van der Waals surface area contributed by atoms with Gasteiger partial charge in [0.25, 0.3) is 0 Å². The average molecular weight is 227 g/mol. The number of nitrogens with one attached hydrogen (secondary N) is 1. The van der Waals surface area contributed by atoms with E-state index in [-0.39, 0.29) is 17.1 Å². The van der Waals surface area contributed by atoms with Crippen LogP contribution < -0.4 is 0 Å². The van der Waals surface area contributed by atoms with Crippen LogP contribution in [0.15, 0.2) is 41.7 Å². The molecule has 2 heterocycles. The zero-order chi connectivity index (χ0) is 9.10. The Morgan fingerprint density at radius 2 is 2.14 bits per heavy atom. The van der Waals surface area contributed by atoms with Gasteiger partial charge in [0.05, 0.1) is 11.4 Å². The van der Waals surface area contributed by atoms with Gasteiger partial charge >= 0.3 is 0 Å². The summed E-state index contributed by atoms with van der Waals surface area (Å²) < 4.78 is 0. The molecule has 0 spiro atoms. The molecule has 2 rings (SSSR count). The number of aromatic nitrogens is 1. The van der Waals surface area contributed by atoms with Gasteiger partial charge in [0.15, 0.2) is 0 Å². The number of nitrogens with zero attached hydrogens (tertiary/aromatic N) is 2. The van der Waals surface area contributed by atoms with Crippen molar-refractivity contribution < 1.29 is 17.1 Å². The number of allylic oxidation sites excluding steroid dienone is 1. The van der Waals surface area contributed by atoms with Gasteiger partial charge in [-0.05, 0) is 12.1 Å². The SMILES string of the molecule is N=C1CC=CN=C1c1ccccn1.[Fe]. The van der Waals surface area contributed by atoms with E-state index in [0.29, 0.717) is 17.8 Å². The van der Waals surface area contributed by atoms with Crippen LogP contribution in [-0.2, 0) is 17.1 Å². The van der Waals surface area contributed by atoms with Gasteiger partial charge in [-0.1, -0.05) is 12.1 Å². The van der Waals surface area contributed by atoms with E-state index in [9.17, 15) is 0 Å². The fourth-order valence-corrected chi connectivity index (χ4v) is 1.20. The number of rotatable bonds is 1. The second-order valence-corrected chi connectivity index (χ2v) is 2.76. The van der Waals surface area contributed by atoms with Gasteiger partial charge in [-0.2, -0.15) is 0 Å². The minimum absolute atomic E-state index is 0. The van der Waals surface area contributed by atoms with Crippen molar-refractivity contribution in [3.8, 4) is 0 Å². The smallest absolute Gasteiger partial charge is 0.110 e. The molecule has 0 amide bonds. The standard InChI is InChI=1S/C10H9N3.Fe/c11-8-4-3-7-13-10(8)9-5-1-2-6-12-9;/h1-3,5-7,11H,4H2;. The number of hydrogen-bond donors (Lipinski definition) is 1. The van der Waals surface area contributed by atoms with Crippen molar-refractivity contribution in [3.63, 3.8) is 0 Å². The zero-order valence-corrected chi connectivity index (χ0v) is 8.52. The minimum atomic E-state index is 0. The number of hydrogen-bond acceptors (Lipinski definition) is 3. The van der Waals surface area contributed by atoms with Gasteiger partial charge in [0, 0.05) is 35.9 Å². The van der Waals surface area contributed by atoms with E-state index in [1.165, 1.54) is 0 Å². The van der Waals surface area contributed by atoms with Crippen molar-refractivity contribution in [2.75, 3.05) is 0 Å². The number of pyridine rings is 1. The van der Waals surface area contributed by atoms with Crippen LogP contribution in [0.2, 0.25) is 0 Å². The van der Waals surface area contributed by atoms with Gasteiger partial charge in [-0.25, -0.2) is 0 Å². The summed E-state index contributed by atoms with van der Waals surface area (Å²) in [4.78, 5) is 8.28. The first kappa shape index (κ1) is 10.8. The predicted molar refractivity (Wildman–Crippen MR) is 52.3 cm³/mol. The van der Waals surface area contributed by atoms with Crippen molar-refractivity contribution in [1.82, 2.24) is 4.98 Å². The third-order valence-electron chi connectivity index (χ3n) is 1.82. The van der Waals surface area contributed by atoms with Crippen molar-refractivity contribution in [2.24, 2.45) is 4.99 Å². The largest absolute Gasteiger partial charge is 0.303 e. The summed E-state index contributed by atoms with van der Waals surface area (Å²) in [7, 11) is 0. The Balaban J connectivity index is 0.000000980. The molecule has 0 fully saturated rings. The Morgan fingerprint density at radius 3 is 2.79 bits per heavy atom. The topological polar surface area (TPSA) is 49.1 Å². The van der Waals surface area contributed by atoms with Crippen LogP contribution >= 0.6 is 0 Å². The fraction of sp³-hybridized carbons (Fsp3) is 0.100. The Morgan fingerprint density at radius 1 is 1.29 bits per heavy atom. The van der Waals surface area contributed by atoms with Crippen LogP contribution in [0.25, 0.3) is 0 Å². The monoisotopic (exact) mass is 227 g/mol. The molecule has 0 aliphatic carbocycles. The van der Waals surface area contributed by atoms with Crippen LogP contribution in [0.3, 0.4) is 0 Å². The molecule has 1 N–H and O–H groups in total. The van der Waals surface area contributed by atoms with E-state index in [1.54, 1.807) is 12.4 Å². The molecule has 14 heavy (non-hydrogen) atoms. The summed E-state index contributed by atoms with van der Waals surface area (Å²) in [5.74, 6) is 0. The van der Waals surface area contributed by atoms with Crippen molar-refractivity contribution >= 4 is 11.4 Å². The van der Waals surface area contributed by atoms with E-state index in [2.05, 4.69) is 9.98 Å². The summed E-state index contributed by atoms with van der Waals surface area (Å²) in [6.45, 7) is 0. The normalized spacial score (nSPS) is 14.6. The molecule has 1 aromatic heterocycles. The Hall–Kier alpha value is -1.25. The van der Waals surface area contributed by atoms with Crippen molar-refractivity contribution in [2.45, 2.75) is 6.42 Å². The minimum Gasteiger partial charge on any atom is -0.303 e. The molecular weight excluding hydrogens is 218 g/mol. The molecule has 0 atom stereocenters. The quantitative estimate of drug-likeness (QED) is 0.730. The van der Waals surface area contributed by atoms with Crippen LogP contribution in [0.1, 0.15) is 12.1 Å². The third kappa shape index (κ3) is 2.16. The molecule has 0 saturated heterocycles. The second-order valence-electron chi connectivity index (χ2n) is 2.76. The first-order valence-corrected chi connectivity index (χ1v) is 4.10. The summed E-state index contributed by atoms with van der Waals surface area (Å²) in [6.07, 6.45) is 5.95. The second kappa shape index (κ2) is 4.84. The van der Waals surface area contributed by atoms with Crippen molar-refractivity contribution in [3.05, 3.63) is 42.4 Å². The first-order chi connectivity index (χ1) is 6.38. The maximum atomic E-state index is 7.66. The first-order valence-electron chi connectivity index (χ1n) is 4.10. The summed E-state index contributed by atoms with van der Waals surface area (Å²) in [5, 5.41) is 7.66. The summed E-state index contributed by atoms with van der Waals surface area (Å²) in [6, 6.07) is 5.62. The summed E-state index contributed by atoms with van der Waals surface area (Å²) in [5.41, 5.74) is 1.99. The summed E-state index contributed by atoms with van der Waals surface area (Å²) >= 11 is 0. The fourth-order valence-electron chi connectivity index (χ4n) is 1.20. The Bertz CT molecular complexity index is 382. The molecular formula is C10H9FeN3. The van der Waals surface area contributed by atoms with E-state index in [1.807, 2.05) is 24.3 Å². The Kier molecular flexibility index (Phi) is 3.74. The maximum absolute atomic E-state index is 7.66. The molecule has 72 valence electrons. The predicted octanol–water partition coefficient (Wildman–Crippen LogP) is 1.81. The van der Waals surface area contributed by atoms with E-state index in [4.69, 9.17) is 5.41 Å². The molecule has 1 aromatic rings. The van der Waals surface area contributed by atoms with Gasteiger partial charge in [-0.3, -0.25) is 9.98 Å². The van der Waals surface area contributed by atoms with Crippen LogP contribution in [0.5, 0.6) is 0 Å². The Labute approximate surface area is 93.0 Å². The zero-order valence-electron chi connectivity index (χ0n) is 7.42. The van der Waals surface area contributed by atoms with Crippen LogP contribution in [0, 0.1) is 5.41 Å². The van der Waals surface area contributed by atoms with Gasteiger partial charge in [-0.15, -0.1) is 0 Å². The van der Waals surface area contributed by atoms with E-state index < -0.39 is 0 Å². The van der Waals surface area contributed by atoms with Gasteiger partial charge in [0.2, 0.25) is 0 Å². The average Bonchev–Trinajstić information content (AvgIpc) is 2.20. The van der Waals surface area contributed by atoms with E-state index in [0.717, 1.165) is 5.69 Å². The molecule has 1 aliphatic rings. The van der Waals surface area contributed by atoms with Gasteiger partial charge in [0.1, 0.15) is 5.71 Å². The van der Waals surface area contributed by atoms with Gasteiger partial charge < -0.3 is 5.41 Å². The molecule has 1 aliphatic heterocycles. The molecule has 0 radical (unpaired) electrons. The van der Waals surface area contributed by atoms with Crippen molar-refractivity contribution in [1.29, 1.82) is 5.41 Å². The van der Waals surface area contributed by atoms with E-state index >= 15 is 0 Å².